The number of amides is 2. The molecule has 0 heterocycles. The van der Waals surface area contributed by atoms with E-state index in [0.29, 0.717) is 18.4 Å². The van der Waals surface area contributed by atoms with Gasteiger partial charge in [0.25, 0.3) is 5.91 Å². The maximum absolute atomic E-state index is 12.7. The van der Waals surface area contributed by atoms with Crippen molar-refractivity contribution >= 4 is 11.8 Å². The second-order valence-corrected chi connectivity index (χ2v) is 5.96. The number of aliphatic hydroxyl groups is 1. The zero-order valence-corrected chi connectivity index (χ0v) is 14.3. The van der Waals surface area contributed by atoms with E-state index in [1.807, 2.05) is 43.3 Å². The summed E-state index contributed by atoms with van der Waals surface area (Å²) < 4.78 is 0. The van der Waals surface area contributed by atoms with Crippen LogP contribution in [0.15, 0.2) is 60.7 Å². The van der Waals surface area contributed by atoms with E-state index in [1.54, 1.807) is 24.3 Å². The number of hydrogen-bond acceptors (Lipinski definition) is 3. The molecule has 0 spiro atoms. The number of nitrogens with one attached hydrogen (secondary N) is 2. The van der Waals surface area contributed by atoms with Crippen molar-refractivity contribution in [3.05, 3.63) is 71.8 Å². The van der Waals surface area contributed by atoms with E-state index in [0.717, 1.165) is 5.56 Å². The third kappa shape index (κ3) is 5.72. The van der Waals surface area contributed by atoms with E-state index >= 15 is 0 Å². The van der Waals surface area contributed by atoms with Gasteiger partial charge in [-0.3, -0.25) is 9.59 Å². The lowest BCUT2D eigenvalue weighted by atomic mass is 10.0. The van der Waals surface area contributed by atoms with E-state index in [9.17, 15) is 9.59 Å². The van der Waals surface area contributed by atoms with Gasteiger partial charge in [-0.25, -0.2) is 0 Å². The summed E-state index contributed by atoms with van der Waals surface area (Å²) in [6.45, 7) is 1.97. The molecule has 2 amide bonds. The quantitative estimate of drug-likeness (QED) is 0.691. The molecule has 0 saturated carbocycles. The van der Waals surface area contributed by atoms with Gasteiger partial charge in [-0.2, -0.15) is 0 Å². The fourth-order valence-electron chi connectivity index (χ4n) is 2.55. The molecule has 0 fully saturated rings. The molecule has 2 unspecified atom stereocenters. The van der Waals surface area contributed by atoms with Gasteiger partial charge in [-0.05, 0) is 37.5 Å². The molecule has 0 aromatic heterocycles. The predicted octanol–water partition coefficient (Wildman–Crippen LogP) is 2.43. The Bertz CT molecular complexity index is 674. The monoisotopic (exact) mass is 340 g/mol. The molecule has 2 atom stereocenters. The highest BCUT2D eigenvalue weighted by Gasteiger charge is 2.24. The summed E-state index contributed by atoms with van der Waals surface area (Å²) in [5.74, 6) is -0.562. The molecule has 2 aromatic carbocycles. The number of rotatable bonds is 8. The smallest absolute Gasteiger partial charge is 0.252 e. The maximum Gasteiger partial charge on any atom is 0.252 e. The largest absolute Gasteiger partial charge is 0.396 e. The van der Waals surface area contributed by atoms with Crippen molar-refractivity contribution in [1.29, 1.82) is 0 Å². The Morgan fingerprint density at radius 2 is 1.56 bits per heavy atom. The molecule has 0 aliphatic rings. The molecule has 0 bridgehead atoms. The molecule has 0 saturated heterocycles. The van der Waals surface area contributed by atoms with Crippen molar-refractivity contribution in [2.24, 2.45) is 0 Å². The number of hydrogen-bond donors (Lipinski definition) is 3. The van der Waals surface area contributed by atoms with Crippen LogP contribution in [0.25, 0.3) is 0 Å². The summed E-state index contributed by atoms with van der Waals surface area (Å²) in [5.41, 5.74) is 1.23. The minimum atomic E-state index is -0.773. The lowest BCUT2D eigenvalue weighted by Gasteiger charge is -2.22. The average molecular weight is 340 g/mol. The zero-order valence-electron chi connectivity index (χ0n) is 14.3. The Morgan fingerprint density at radius 3 is 2.16 bits per heavy atom. The van der Waals surface area contributed by atoms with Gasteiger partial charge in [-0.1, -0.05) is 48.5 Å². The number of benzene rings is 2. The molecule has 2 aromatic rings. The van der Waals surface area contributed by atoms with Gasteiger partial charge < -0.3 is 15.7 Å². The Morgan fingerprint density at radius 1 is 0.960 bits per heavy atom. The summed E-state index contributed by atoms with van der Waals surface area (Å²) in [5, 5.41) is 14.6. The fraction of sp³-hybridized carbons (Fsp3) is 0.300. The SMILES string of the molecule is CC(CCCO)NC(=O)C(NC(=O)c1ccccc1)c1ccccc1. The Labute approximate surface area is 148 Å². The summed E-state index contributed by atoms with van der Waals surface area (Å²) in [6, 6.07) is 17.1. The highest BCUT2D eigenvalue weighted by Crippen LogP contribution is 2.15. The first kappa shape index (κ1) is 18.7. The summed E-state index contributed by atoms with van der Waals surface area (Å²) in [7, 11) is 0. The molecule has 132 valence electrons. The first-order valence-electron chi connectivity index (χ1n) is 8.44. The Hall–Kier alpha value is -2.66. The number of carbonyl (C=O) groups is 2. The van der Waals surface area contributed by atoms with Gasteiger partial charge >= 0.3 is 0 Å². The molecule has 5 nitrogen and oxygen atoms in total. The molecule has 2 rings (SSSR count). The molecule has 0 aliphatic carbocycles. The topological polar surface area (TPSA) is 78.4 Å². The first-order valence-corrected chi connectivity index (χ1v) is 8.44. The maximum atomic E-state index is 12.7. The highest BCUT2D eigenvalue weighted by molar-refractivity contribution is 5.97. The van der Waals surface area contributed by atoms with Crippen LogP contribution in [-0.4, -0.2) is 29.6 Å². The second-order valence-electron chi connectivity index (χ2n) is 5.96. The van der Waals surface area contributed by atoms with E-state index in [-0.39, 0.29) is 24.5 Å². The molecule has 25 heavy (non-hydrogen) atoms. The van der Waals surface area contributed by atoms with E-state index in [4.69, 9.17) is 5.11 Å². The van der Waals surface area contributed by atoms with Crippen LogP contribution < -0.4 is 10.6 Å². The van der Waals surface area contributed by atoms with Crippen molar-refractivity contribution < 1.29 is 14.7 Å². The summed E-state index contributed by atoms with van der Waals surface area (Å²) >= 11 is 0. The van der Waals surface area contributed by atoms with Crippen molar-refractivity contribution in [2.75, 3.05) is 6.61 Å². The highest BCUT2D eigenvalue weighted by atomic mass is 16.3. The summed E-state index contributed by atoms with van der Waals surface area (Å²) in [6.07, 6.45) is 1.30. The van der Waals surface area contributed by atoms with Crippen molar-refractivity contribution in [2.45, 2.75) is 31.8 Å². The molecule has 5 heteroatoms. The molecular weight excluding hydrogens is 316 g/mol. The van der Waals surface area contributed by atoms with Gasteiger partial charge in [0.2, 0.25) is 5.91 Å². The average Bonchev–Trinajstić information content (AvgIpc) is 2.65. The van der Waals surface area contributed by atoms with E-state index in [2.05, 4.69) is 10.6 Å². The van der Waals surface area contributed by atoms with Gasteiger partial charge in [0.05, 0.1) is 0 Å². The minimum Gasteiger partial charge on any atom is -0.396 e. The van der Waals surface area contributed by atoms with Crippen molar-refractivity contribution in [1.82, 2.24) is 10.6 Å². The van der Waals surface area contributed by atoms with Crippen LogP contribution >= 0.6 is 0 Å². The standard InChI is InChI=1S/C20H24N2O3/c1-15(9-8-14-23)21-20(25)18(16-10-4-2-5-11-16)22-19(24)17-12-6-3-7-13-17/h2-7,10-13,15,18,23H,8-9,14H2,1H3,(H,21,25)(H,22,24). The van der Waals surface area contributed by atoms with Gasteiger partial charge in [0, 0.05) is 18.2 Å². The third-order valence-corrected chi connectivity index (χ3v) is 3.89. The zero-order chi connectivity index (χ0) is 18.1. The van der Waals surface area contributed by atoms with Crippen LogP contribution in [0.1, 0.15) is 41.7 Å². The molecular formula is C20H24N2O3. The van der Waals surface area contributed by atoms with Gasteiger partial charge in [0.15, 0.2) is 0 Å². The van der Waals surface area contributed by atoms with Crippen molar-refractivity contribution in [3.8, 4) is 0 Å². The number of carbonyl (C=O) groups excluding carboxylic acids is 2. The number of aliphatic hydroxyl groups excluding tert-OH is 1. The minimum absolute atomic E-state index is 0.0838. The van der Waals surface area contributed by atoms with Crippen LogP contribution in [-0.2, 0) is 4.79 Å². The van der Waals surface area contributed by atoms with E-state index in [1.165, 1.54) is 0 Å². The molecule has 0 aliphatic heterocycles. The Kier molecular flexibility index (Phi) is 7.16. The van der Waals surface area contributed by atoms with Crippen LogP contribution in [0.5, 0.6) is 0 Å². The Balaban J connectivity index is 2.13. The van der Waals surface area contributed by atoms with Crippen molar-refractivity contribution in [3.63, 3.8) is 0 Å². The molecule has 3 N–H and O–H groups in total. The van der Waals surface area contributed by atoms with Crippen LogP contribution in [0.2, 0.25) is 0 Å². The van der Waals surface area contributed by atoms with Gasteiger partial charge in [-0.15, -0.1) is 0 Å². The fourth-order valence-corrected chi connectivity index (χ4v) is 2.55. The third-order valence-electron chi connectivity index (χ3n) is 3.89. The van der Waals surface area contributed by atoms with Crippen LogP contribution in [0.4, 0.5) is 0 Å². The summed E-state index contributed by atoms with van der Waals surface area (Å²) in [4.78, 5) is 25.2. The lowest BCUT2D eigenvalue weighted by Crippen LogP contribution is -2.43. The van der Waals surface area contributed by atoms with E-state index < -0.39 is 6.04 Å². The van der Waals surface area contributed by atoms with Crippen LogP contribution in [0, 0.1) is 0 Å². The lowest BCUT2D eigenvalue weighted by molar-refractivity contribution is -0.123. The second kappa shape index (κ2) is 9.59. The normalized spacial score (nSPS) is 12.9. The molecule has 0 radical (unpaired) electrons. The first-order chi connectivity index (χ1) is 12.1. The van der Waals surface area contributed by atoms with Gasteiger partial charge in [0.1, 0.15) is 6.04 Å². The predicted molar refractivity (Wildman–Crippen MR) is 97.0 cm³/mol. The van der Waals surface area contributed by atoms with Crippen LogP contribution in [0.3, 0.4) is 0 Å².